The number of thiazole rings is 1. The van der Waals surface area contributed by atoms with Crippen molar-refractivity contribution in [2.45, 2.75) is 40.0 Å². The number of halogens is 1. The third kappa shape index (κ3) is 8.89. The maximum Gasteiger partial charge on any atom is 0.190 e. The molecule has 2 N–H and O–H groups in total. The van der Waals surface area contributed by atoms with Crippen molar-refractivity contribution in [1.82, 2.24) is 15.6 Å². The van der Waals surface area contributed by atoms with Gasteiger partial charge in [-0.15, -0.1) is 35.3 Å². The molecule has 0 aliphatic carbocycles. The Labute approximate surface area is 155 Å². The maximum atomic E-state index is 5.31. The van der Waals surface area contributed by atoms with Crippen LogP contribution in [0.3, 0.4) is 0 Å². The van der Waals surface area contributed by atoms with Crippen molar-refractivity contribution >= 4 is 41.3 Å². The molecule has 0 radical (unpaired) electrons. The lowest BCUT2D eigenvalue weighted by Crippen LogP contribution is -2.38. The minimum atomic E-state index is 0. The maximum absolute atomic E-state index is 5.31. The van der Waals surface area contributed by atoms with Crippen LogP contribution in [0.2, 0.25) is 0 Å². The fourth-order valence-corrected chi connectivity index (χ4v) is 2.77. The van der Waals surface area contributed by atoms with Gasteiger partial charge in [-0.05, 0) is 33.6 Å². The molecule has 22 heavy (non-hydrogen) atoms. The molecule has 0 aliphatic heterocycles. The summed E-state index contributed by atoms with van der Waals surface area (Å²) in [7, 11) is 1.80. The summed E-state index contributed by atoms with van der Waals surface area (Å²) in [5.74, 6) is 0.858. The van der Waals surface area contributed by atoms with E-state index in [0.29, 0.717) is 0 Å². The van der Waals surface area contributed by atoms with Gasteiger partial charge in [0.05, 0.1) is 10.7 Å². The minimum Gasteiger partial charge on any atom is -0.382 e. The van der Waals surface area contributed by atoms with Gasteiger partial charge in [0.1, 0.15) is 0 Å². The molecule has 0 aliphatic rings. The number of rotatable bonds is 9. The van der Waals surface area contributed by atoms with Gasteiger partial charge in [-0.1, -0.05) is 0 Å². The first-order chi connectivity index (χ1) is 10.2. The predicted octanol–water partition coefficient (Wildman–Crippen LogP) is 2.90. The van der Waals surface area contributed by atoms with E-state index in [1.54, 1.807) is 18.4 Å². The first-order valence-corrected chi connectivity index (χ1v) is 8.44. The van der Waals surface area contributed by atoms with Crippen LogP contribution in [-0.2, 0) is 11.2 Å². The molecule has 0 unspecified atom stereocenters. The third-order valence-corrected chi connectivity index (χ3v) is 4.27. The molecule has 1 aromatic rings. The molecule has 7 heteroatoms. The van der Waals surface area contributed by atoms with Crippen molar-refractivity contribution in [1.29, 1.82) is 0 Å². The first-order valence-electron chi connectivity index (χ1n) is 7.62. The molecule has 0 atom stereocenters. The summed E-state index contributed by atoms with van der Waals surface area (Å²) in [4.78, 5) is 10.1. The number of aromatic nitrogens is 1. The Morgan fingerprint density at radius 2 is 1.95 bits per heavy atom. The SMILES string of the molecule is CCOCCCCNC(=NC)NCCc1nc(C)c(C)s1.I. The van der Waals surface area contributed by atoms with Crippen LogP contribution in [0, 0.1) is 13.8 Å². The number of hydrogen-bond donors (Lipinski definition) is 2. The number of nitrogens with zero attached hydrogens (tertiary/aromatic N) is 2. The van der Waals surface area contributed by atoms with Crippen molar-refractivity contribution in [3.63, 3.8) is 0 Å². The molecule has 0 saturated carbocycles. The van der Waals surface area contributed by atoms with E-state index in [4.69, 9.17) is 4.74 Å². The average molecular weight is 440 g/mol. The van der Waals surface area contributed by atoms with Gasteiger partial charge in [0.15, 0.2) is 5.96 Å². The standard InChI is InChI=1S/C15H28N4OS.HI/c1-5-20-11-7-6-9-17-15(16-4)18-10-8-14-19-12(2)13(3)21-14;/h5-11H2,1-4H3,(H2,16,17,18);1H. The van der Waals surface area contributed by atoms with Crippen LogP contribution in [0.25, 0.3) is 0 Å². The number of unbranched alkanes of at least 4 members (excludes halogenated alkanes) is 1. The highest BCUT2D eigenvalue weighted by Gasteiger charge is 2.03. The first kappa shape index (κ1) is 21.6. The second-order valence-electron chi connectivity index (χ2n) is 4.83. The van der Waals surface area contributed by atoms with E-state index in [2.05, 4.69) is 34.5 Å². The van der Waals surface area contributed by atoms with Gasteiger partial charge in [0, 0.05) is 44.6 Å². The van der Waals surface area contributed by atoms with E-state index in [0.717, 1.165) is 57.2 Å². The monoisotopic (exact) mass is 440 g/mol. The van der Waals surface area contributed by atoms with Crippen LogP contribution in [0.4, 0.5) is 0 Å². The van der Waals surface area contributed by atoms with Crippen LogP contribution in [0.5, 0.6) is 0 Å². The van der Waals surface area contributed by atoms with Gasteiger partial charge in [0.25, 0.3) is 0 Å². The zero-order valence-corrected chi connectivity index (χ0v) is 17.2. The molecule has 128 valence electrons. The van der Waals surface area contributed by atoms with Crippen molar-refractivity contribution in [3.05, 3.63) is 15.6 Å². The normalized spacial score (nSPS) is 11.2. The highest BCUT2D eigenvalue weighted by Crippen LogP contribution is 2.16. The fraction of sp³-hybridized carbons (Fsp3) is 0.733. The molecule has 1 rings (SSSR count). The van der Waals surface area contributed by atoms with Gasteiger partial charge in [-0.2, -0.15) is 0 Å². The third-order valence-electron chi connectivity index (χ3n) is 3.14. The summed E-state index contributed by atoms with van der Waals surface area (Å²) >= 11 is 1.78. The Balaban J connectivity index is 0.00000441. The van der Waals surface area contributed by atoms with Gasteiger partial charge < -0.3 is 15.4 Å². The highest BCUT2D eigenvalue weighted by molar-refractivity contribution is 14.0. The Kier molecular flexibility index (Phi) is 12.8. The van der Waals surface area contributed by atoms with Crippen LogP contribution in [-0.4, -0.2) is 44.3 Å². The van der Waals surface area contributed by atoms with Gasteiger partial charge >= 0.3 is 0 Å². The Hall–Kier alpha value is -0.410. The summed E-state index contributed by atoms with van der Waals surface area (Å²) in [5, 5.41) is 7.82. The van der Waals surface area contributed by atoms with E-state index < -0.39 is 0 Å². The zero-order valence-electron chi connectivity index (χ0n) is 14.1. The highest BCUT2D eigenvalue weighted by atomic mass is 127. The van der Waals surface area contributed by atoms with Crippen molar-refractivity contribution in [2.24, 2.45) is 4.99 Å². The lowest BCUT2D eigenvalue weighted by molar-refractivity contribution is 0.143. The molecule has 0 aromatic carbocycles. The predicted molar refractivity (Wildman–Crippen MR) is 106 cm³/mol. The van der Waals surface area contributed by atoms with E-state index in [9.17, 15) is 0 Å². The molecule has 5 nitrogen and oxygen atoms in total. The molecule has 0 amide bonds. The van der Waals surface area contributed by atoms with E-state index in [1.807, 2.05) is 6.92 Å². The van der Waals surface area contributed by atoms with E-state index in [1.165, 1.54) is 9.88 Å². The Morgan fingerprint density at radius 1 is 1.23 bits per heavy atom. The number of ether oxygens (including phenoxy) is 1. The number of aryl methyl sites for hydroxylation is 2. The molecule has 1 aromatic heterocycles. The second kappa shape index (κ2) is 13.1. The Morgan fingerprint density at radius 3 is 2.55 bits per heavy atom. The number of nitrogens with one attached hydrogen (secondary N) is 2. The molecule has 0 saturated heterocycles. The van der Waals surface area contributed by atoms with E-state index >= 15 is 0 Å². The Bertz CT molecular complexity index is 418. The average Bonchev–Trinajstić information content (AvgIpc) is 2.79. The van der Waals surface area contributed by atoms with Crippen molar-refractivity contribution in [3.8, 4) is 0 Å². The lowest BCUT2D eigenvalue weighted by Gasteiger charge is -2.11. The van der Waals surface area contributed by atoms with Crippen LogP contribution < -0.4 is 10.6 Å². The topological polar surface area (TPSA) is 58.5 Å². The summed E-state index contributed by atoms with van der Waals surface area (Å²) in [6, 6.07) is 0. The molecule has 0 fully saturated rings. The van der Waals surface area contributed by atoms with Crippen LogP contribution in [0.1, 0.15) is 35.3 Å². The smallest absolute Gasteiger partial charge is 0.190 e. The quantitative estimate of drug-likeness (QED) is 0.268. The largest absolute Gasteiger partial charge is 0.382 e. The number of hydrogen-bond acceptors (Lipinski definition) is 4. The molecule has 1 heterocycles. The number of aliphatic imine (C=N–C) groups is 1. The van der Waals surface area contributed by atoms with Crippen molar-refractivity contribution < 1.29 is 4.74 Å². The van der Waals surface area contributed by atoms with Gasteiger partial charge in [-0.3, -0.25) is 4.99 Å². The minimum absolute atomic E-state index is 0. The van der Waals surface area contributed by atoms with E-state index in [-0.39, 0.29) is 24.0 Å². The summed E-state index contributed by atoms with van der Waals surface area (Å²) in [6.45, 7) is 9.61. The summed E-state index contributed by atoms with van der Waals surface area (Å²) in [5.41, 5.74) is 1.15. The van der Waals surface area contributed by atoms with Crippen LogP contribution in [0.15, 0.2) is 4.99 Å². The van der Waals surface area contributed by atoms with Gasteiger partial charge in [-0.25, -0.2) is 4.98 Å². The molecular weight excluding hydrogens is 411 g/mol. The summed E-state index contributed by atoms with van der Waals surface area (Å²) < 4.78 is 5.31. The van der Waals surface area contributed by atoms with Gasteiger partial charge in [0.2, 0.25) is 0 Å². The summed E-state index contributed by atoms with van der Waals surface area (Å²) in [6.07, 6.45) is 3.10. The number of guanidine groups is 1. The zero-order chi connectivity index (χ0) is 15.5. The molecular formula is C15H29IN4OS. The second-order valence-corrected chi connectivity index (χ2v) is 6.12. The molecule has 0 bridgehead atoms. The van der Waals surface area contributed by atoms with Crippen LogP contribution >= 0.6 is 35.3 Å². The lowest BCUT2D eigenvalue weighted by atomic mass is 10.3. The fourth-order valence-electron chi connectivity index (χ4n) is 1.83. The van der Waals surface area contributed by atoms with Crippen molar-refractivity contribution in [2.75, 3.05) is 33.4 Å². The molecule has 0 spiro atoms.